The standard InChI is InChI=1S/C72H82O28.C15H28O2.C10H2O6.C6H10O3/c1-35(2)63(85)93-25-27-95-65(87)51-32-53(47(59(77)78)29-45(51)57(73)74)67(89)97-41-17-9-37(10-18-41)71(5,6)39-13-21-43(22-14-39)99-69(91)55-34-56(50(62(83)84)31-49(55)61(81)82)70(92)100-44-23-15-40(16-24-44)72(7,8)38-11-19-42(20-12-38)98-68(90)54-33-52(46(58(75)76)30-48(54)60(79)80)66(88)96-28-26-94-64(86)36(3)4;1-15(2,11-3-7-13(16)8-4-11)12-5-9-14(17)10-6-12;11-7-3-1-4-6(10(14)16-8(4)12)2-5(3)9(13)15-7;1-5(2)6(8)9-4-3-7/h29-34,37-44H,1,3,9-28H2,2,4-8H3,(H,73,74)(H,75,76)(H,77,78)(H,79,80)(H,81,82)(H,83,84);11-14,16-17H,3-10H2,1-2H3;1-2H;7H,1,3-4H2,2H3. The van der Waals surface area contributed by atoms with Crippen LogP contribution in [0.3, 0.4) is 0 Å². The zero-order chi connectivity index (χ0) is 105. The third kappa shape index (κ3) is 28.4. The maximum absolute atomic E-state index is 14.0. The number of carboxylic acids is 6. The van der Waals surface area contributed by atoms with Gasteiger partial charge in [-0.15, -0.1) is 0 Å². The predicted molar refractivity (Wildman–Crippen MR) is 501 cm³/mol. The van der Waals surface area contributed by atoms with Crippen molar-refractivity contribution in [2.45, 2.75) is 253 Å². The second-order valence-corrected chi connectivity index (χ2v) is 38.7. The van der Waals surface area contributed by atoms with E-state index in [9.17, 15) is 132 Å². The summed E-state index contributed by atoms with van der Waals surface area (Å²) in [5, 5.41) is 87.4. The van der Waals surface area contributed by atoms with E-state index in [0.29, 0.717) is 126 Å². The summed E-state index contributed by atoms with van der Waals surface area (Å²) in [6.07, 6.45) is 13.7. The van der Waals surface area contributed by atoms with Crippen LogP contribution in [-0.4, -0.2) is 212 Å². The smallest absolute Gasteiger partial charge is 0.346 e. The molecule has 768 valence electrons. The molecule has 6 aliphatic carbocycles. The first-order valence-electron chi connectivity index (χ1n) is 47.1. The third-order valence-electron chi connectivity index (χ3n) is 28.6. The summed E-state index contributed by atoms with van der Waals surface area (Å²) in [4.78, 5) is 234. The number of rotatable bonds is 33. The van der Waals surface area contributed by atoms with Crippen LogP contribution in [-0.2, 0) is 57.0 Å². The number of esters is 9. The summed E-state index contributed by atoms with van der Waals surface area (Å²) in [6.45, 7) is 26.0. The Morgan fingerprint density at radius 2 is 0.451 bits per heavy atom. The summed E-state index contributed by atoms with van der Waals surface area (Å²) < 4.78 is 56.4. The molecule has 0 saturated heterocycles. The number of fused-ring (bicyclic) bond motifs is 2. The fourth-order valence-electron chi connectivity index (χ4n) is 19.9. The predicted octanol–water partition coefficient (Wildman–Crippen LogP) is 13.5. The molecule has 6 aromatic rings. The van der Waals surface area contributed by atoms with Gasteiger partial charge in [-0.05, 0) is 275 Å². The second-order valence-electron chi connectivity index (χ2n) is 38.7. The first-order valence-corrected chi connectivity index (χ1v) is 47.1. The lowest BCUT2D eigenvalue weighted by Crippen LogP contribution is -2.39. The van der Waals surface area contributed by atoms with Crippen molar-refractivity contribution >= 4 is 111 Å². The van der Waals surface area contributed by atoms with Gasteiger partial charge in [-0.2, -0.15) is 0 Å². The molecular weight excluding hydrogens is 1860 g/mol. The van der Waals surface area contributed by atoms with Crippen LogP contribution in [0.2, 0.25) is 0 Å². The molecule has 12 rings (SSSR count). The Bertz CT molecular complexity index is 5600. The monoisotopic (exact) mass is 1980 g/mol. The van der Waals surface area contributed by atoms with Gasteiger partial charge in [0.2, 0.25) is 0 Å². The van der Waals surface area contributed by atoms with E-state index in [0.717, 1.165) is 73.9 Å². The van der Waals surface area contributed by atoms with Gasteiger partial charge < -0.3 is 97.4 Å². The van der Waals surface area contributed by atoms with Crippen LogP contribution in [0.25, 0.3) is 21.5 Å². The Morgan fingerprint density at radius 1 is 0.275 bits per heavy atom. The van der Waals surface area contributed by atoms with Crippen LogP contribution >= 0.6 is 0 Å². The molecule has 0 atom stereocenters. The summed E-state index contributed by atoms with van der Waals surface area (Å²) in [7, 11) is 0. The minimum Gasteiger partial charge on any atom is -0.478 e. The van der Waals surface area contributed by atoms with Crippen molar-refractivity contribution < 1.29 is 169 Å². The molecule has 0 radical (unpaired) electrons. The van der Waals surface area contributed by atoms with Gasteiger partial charge in [0.25, 0.3) is 0 Å². The molecule has 0 bridgehead atoms. The van der Waals surface area contributed by atoms with Crippen molar-refractivity contribution in [1.82, 2.24) is 0 Å². The zero-order valence-electron chi connectivity index (χ0n) is 80.7. The lowest BCUT2D eigenvalue weighted by atomic mass is 9.60. The maximum Gasteiger partial charge on any atom is 0.346 e. The molecular formula is C103H122O39. The minimum absolute atomic E-state index is 0.0181. The molecule has 2 heterocycles. The molecule has 9 N–H and O–H groups in total. The van der Waals surface area contributed by atoms with Gasteiger partial charge in [-0.1, -0.05) is 61.3 Å². The third-order valence-corrected chi connectivity index (χ3v) is 28.6. The van der Waals surface area contributed by atoms with E-state index in [4.69, 9.17) is 43.0 Å². The highest BCUT2D eigenvalue weighted by molar-refractivity contribution is 6.13. The van der Waals surface area contributed by atoms with Crippen molar-refractivity contribution in [1.29, 1.82) is 0 Å². The average Bonchev–Trinajstić information content (AvgIpc) is 1.57. The molecule has 4 aromatic carbocycles. The summed E-state index contributed by atoms with van der Waals surface area (Å²) >= 11 is 0. The van der Waals surface area contributed by atoms with Crippen molar-refractivity contribution in [3.8, 4) is 0 Å². The quantitative estimate of drug-likeness (QED) is 0.00799. The van der Waals surface area contributed by atoms with Gasteiger partial charge in [0.15, 0.2) is 0 Å². The summed E-state index contributed by atoms with van der Waals surface area (Å²) in [5.74, 6) is -16.7. The van der Waals surface area contributed by atoms with E-state index >= 15 is 0 Å². The molecule has 0 spiro atoms. The first kappa shape index (κ1) is 112. The second kappa shape index (κ2) is 49.1. The Balaban J connectivity index is 0.000000431. The van der Waals surface area contributed by atoms with E-state index in [1.807, 2.05) is 0 Å². The highest BCUT2D eigenvalue weighted by Gasteiger charge is 2.46. The van der Waals surface area contributed by atoms with Crippen molar-refractivity contribution in [3.05, 3.63) is 193 Å². The minimum atomic E-state index is -1.67. The van der Waals surface area contributed by atoms with Gasteiger partial charge >= 0.3 is 112 Å². The van der Waals surface area contributed by atoms with Crippen LogP contribution in [0.5, 0.6) is 0 Å². The van der Waals surface area contributed by atoms with Gasteiger partial charge in [0, 0.05) is 16.7 Å². The van der Waals surface area contributed by atoms with Crippen LogP contribution in [0.1, 0.15) is 341 Å². The number of hydrogen-bond acceptors (Lipinski definition) is 33. The van der Waals surface area contributed by atoms with E-state index in [2.05, 4.69) is 74.9 Å². The molecule has 0 amide bonds. The molecule has 6 aliphatic rings. The number of carbonyl (C=O) groups is 15. The largest absolute Gasteiger partial charge is 0.478 e. The average molecular weight is 1980 g/mol. The van der Waals surface area contributed by atoms with Crippen molar-refractivity contribution in [3.63, 3.8) is 0 Å². The molecule has 0 aliphatic heterocycles. The fraction of sp³-hybridized carbons (Fsp3) is 0.524. The van der Waals surface area contributed by atoms with E-state index in [1.165, 1.54) is 39.5 Å². The van der Waals surface area contributed by atoms with Crippen molar-refractivity contribution in [2.24, 2.45) is 51.8 Å². The normalized spacial score (nSPS) is 21.2. The van der Waals surface area contributed by atoms with Crippen LogP contribution < -0.4 is 22.5 Å². The number of ether oxygens (including phenoxy) is 9. The lowest BCUT2D eigenvalue weighted by molar-refractivity contribution is -0.140. The number of furan rings is 2. The highest BCUT2D eigenvalue weighted by Crippen LogP contribution is 2.53. The summed E-state index contributed by atoms with van der Waals surface area (Å²) in [6, 6.07) is 6.83. The van der Waals surface area contributed by atoms with Gasteiger partial charge in [-0.25, -0.2) is 91.1 Å². The molecule has 142 heavy (non-hydrogen) atoms. The first-order chi connectivity index (χ1) is 66.8. The number of carbonyl (C=O) groups excluding carboxylic acids is 9. The molecule has 39 nitrogen and oxygen atoms in total. The molecule has 6 saturated carbocycles. The van der Waals surface area contributed by atoms with E-state index < -0.39 is 230 Å². The number of aromatic carboxylic acids is 6. The number of aliphatic hydroxyl groups is 3. The van der Waals surface area contributed by atoms with Crippen molar-refractivity contribution in [2.75, 3.05) is 39.6 Å². The molecule has 39 heteroatoms. The topological polar surface area (TPSA) is 616 Å². The fourth-order valence-corrected chi connectivity index (χ4v) is 19.9. The van der Waals surface area contributed by atoms with Gasteiger partial charge in [0.1, 0.15) is 57.5 Å². The number of carboxylic acid groups (broad SMARTS) is 6. The van der Waals surface area contributed by atoms with E-state index in [-0.39, 0.29) is 92.6 Å². The van der Waals surface area contributed by atoms with Crippen LogP contribution in [0, 0.1) is 51.8 Å². The number of hydrogen-bond donors (Lipinski definition) is 9. The molecule has 0 unspecified atom stereocenters. The summed E-state index contributed by atoms with van der Waals surface area (Å²) in [5.41, 5.74) is -10.8. The number of aliphatic hydroxyl groups excluding tert-OH is 3. The Morgan fingerprint density at radius 3 is 0.641 bits per heavy atom. The molecule has 2 aromatic heterocycles. The van der Waals surface area contributed by atoms with Crippen LogP contribution in [0.4, 0.5) is 0 Å². The SMILES string of the molecule is C=C(C)C(=O)OCCO.C=C(C)C(=O)OCCOC(=O)c1cc(C(=O)OC2CCC(C(C)(C)C3CCC(OC(=O)c4cc(C(=O)OC5CCC(C(C)(C)C6CCC(OC(=O)c7cc(C(=O)OCCOC(=O)C(=C)C)c(C(=O)O)cc7C(=O)O)CC6)CC5)c(C(=O)O)cc4C(=O)O)CC3)CC2)c(C(=O)O)cc1C(=O)O.CC(C)(C1CCC(O)CC1)C1CCC(O)CC1.O=c1oc(=O)c2cc3c(=O)oc(=O)c3cc12. The zero-order valence-corrected chi connectivity index (χ0v) is 80.7. The van der Waals surface area contributed by atoms with E-state index in [1.54, 1.807) is 6.92 Å². The lowest BCUT2D eigenvalue weighted by Gasteiger charge is -2.46. The van der Waals surface area contributed by atoms with Gasteiger partial charge in [0.05, 0.1) is 107 Å². The Hall–Kier alpha value is -13.7. The Kier molecular flexibility index (Phi) is 38.7. The molecule has 6 fully saturated rings. The maximum atomic E-state index is 14.0. The highest BCUT2D eigenvalue weighted by atomic mass is 16.6. The number of benzene rings is 4. The Labute approximate surface area is 814 Å². The van der Waals surface area contributed by atoms with Gasteiger partial charge in [-0.3, -0.25) is 0 Å². The van der Waals surface area contributed by atoms with Crippen LogP contribution in [0.15, 0.2) is 113 Å².